The van der Waals surface area contributed by atoms with E-state index in [4.69, 9.17) is 4.52 Å². The van der Waals surface area contributed by atoms with Gasteiger partial charge in [0.05, 0.1) is 40.5 Å². The molecular formula is C47H49N9O5S2. The number of carbonyl (C=O) groups is 2. The number of fused-ring (bicyclic) bond motifs is 1. The van der Waals surface area contributed by atoms with Crippen molar-refractivity contribution in [2.75, 3.05) is 19.6 Å². The number of aryl methyl sites for hydroxylation is 1. The SMILES string of the molecule is Cc1ncsc1-c1ccc(C(C)NC(=O)[C@@H]2C[C@@H](O)CN2C(=O)C(c2cc(-c3cnc(CN4CCC(c5cc6cc(-c7ccccc7O)nnc6s5)CC4)nc3)no2)C(C)C)cc1. The highest BCUT2D eigenvalue weighted by Crippen LogP contribution is 2.38. The van der Waals surface area contributed by atoms with Crippen molar-refractivity contribution in [3.05, 3.63) is 112 Å². The quantitative estimate of drug-likeness (QED) is 0.108. The fourth-order valence-corrected chi connectivity index (χ4v) is 10.7. The normalized spacial score (nSPS) is 18.3. The number of hydrogen-bond acceptors (Lipinski definition) is 14. The lowest BCUT2D eigenvalue weighted by Crippen LogP contribution is -2.48. The van der Waals surface area contributed by atoms with E-state index in [9.17, 15) is 19.8 Å². The third-order valence-corrected chi connectivity index (χ3v) is 14.4. The molecule has 0 saturated carbocycles. The van der Waals surface area contributed by atoms with Gasteiger partial charge in [-0.3, -0.25) is 14.5 Å². The maximum Gasteiger partial charge on any atom is 0.243 e. The van der Waals surface area contributed by atoms with Crippen LogP contribution in [0.4, 0.5) is 0 Å². The molecule has 2 aromatic carbocycles. The molecule has 0 bridgehead atoms. The number of rotatable bonds is 12. The highest BCUT2D eigenvalue weighted by atomic mass is 32.1. The van der Waals surface area contributed by atoms with Crippen LogP contribution < -0.4 is 5.32 Å². The minimum absolute atomic E-state index is 0.0500. The van der Waals surface area contributed by atoms with Crippen LogP contribution >= 0.6 is 22.7 Å². The van der Waals surface area contributed by atoms with Crippen LogP contribution in [-0.2, 0) is 16.1 Å². The Morgan fingerprint density at radius 3 is 2.41 bits per heavy atom. The van der Waals surface area contributed by atoms with Gasteiger partial charge in [0.1, 0.15) is 39.8 Å². The topological polar surface area (TPSA) is 184 Å². The number of hydrogen-bond donors (Lipinski definition) is 3. The Kier molecular flexibility index (Phi) is 12.1. The molecular weight excluding hydrogens is 835 g/mol. The molecule has 2 aliphatic heterocycles. The van der Waals surface area contributed by atoms with E-state index >= 15 is 0 Å². The van der Waals surface area contributed by atoms with Crippen molar-refractivity contribution in [1.82, 2.24) is 45.4 Å². The summed E-state index contributed by atoms with van der Waals surface area (Å²) in [5, 5.41) is 38.3. The van der Waals surface area contributed by atoms with Gasteiger partial charge < -0.3 is 25.0 Å². The molecule has 0 aliphatic carbocycles. The van der Waals surface area contributed by atoms with Crippen molar-refractivity contribution in [2.45, 2.75) is 83.5 Å². The molecule has 14 nitrogen and oxygen atoms in total. The molecule has 3 N–H and O–H groups in total. The van der Waals surface area contributed by atoms with Crippen LogP contribution in [0.3, 0.4) is 0 Å². The highest BCUT2D eigenvalue weighted by Gasteiger charge is 2.43. The number of aliphatic hydroxyl groups excluding tert-OH is 1. The van der Waals surface area contributed by atoms with E-state index in [0.29, 0.717) is 46.6 Å². The number of phenols is 1. The predicted molar refractivity (Wildman–Crippen MR) is 242 cm³/mol. The van der Waals surface area contributed by atoms with Crippen molar-refractivity contribution < 1.29 is 24.3 Å². The maximum absolute atomic E-state index is 14.3. The van der Waals surface area contributed by atoms with Crippen LogP contribution in [0, 0.1) is 12.8 Å². The zero-order valence-electron chi connectivity index (χ0n) is 35.5. The molecule has 7 aromatic rings. The summed E-state index contributed by atoms with van der Waals surface area (Å²) in [6.07, 6.45) is 4.80. The van der Waals surface area contributed by atoms with E-state index in [2.05, 4.69) is 46.6 Å². The van der Waals surface area contributed by atoms with Gasteiger partial charge >= 0.3 is 0 Å². The summed E-state index contributed by atoms with van der Waals surface area (Å²) in [6.45, 7) is 10.2. The molecule has 9 rings (SSSR count). The zero-order chi connectivity index (χ0) is 43.8. The Hall–Kier alpha value is -5.94. The van der Waals surface area contributed by atoms with E-state index in [-0.39, 0.29) is 42.5 Å². The minimum atomic E-state index is -0.833. The third-order valence-electron chi connectivity index (χ3n) is 12.2. The smallest absolute Gasteiger partial charge is 0.243 e. The van der Waals surface area contributed by atoms with Crippen molar-refractivity contribution >= 4 is 44.7 Å². The van der Waals surface area contributed by atoms with Crippen molar-refractivity contribution in [3.63, 3.8) is 0 Å². The number of aliphatic hydroxyl groups is 1. The van der Waals surface area contributed by atoms with Crippen LogP contribution in [0.5, 0.6) is 5.75 Å². The summed E-state index contributed by atoms with van der Waals surface area (Å²) in [5.41, 5.74) is 7.32. The number of nitrogens with one attached hydrogen (secondary N) is 1. The summed E-state index contributed by atoms with van der Waals surface area (Å²) < 4.78 is 5.82. The molecule has 2 aliphatic rings. The molecule has 63 heavy (non-hydrogen) atoms. The number of thiazole rings is 1. The second-order valence-electron chi connectivity index (χ2n) is 16.9. The van der Waals surface area contributed by atoms with Gasteiger partial charge in [0.2, 0.25) is 11.8 Å². The van der Waals surface area contributed by atoms with Gasteiger partial charge in [-0.05, 0) is 87.0 Å². The van der Waals surface area contributed by atoms with Crippen molar-refractivity contribution in [1.29, 1.82) is 0 Å². The standard InChI is InChI=1S/C47H49N9O5S2/c1-26(2)43(47(60)56-23-34(57)19-38(56)45(59)51-27(3)29-9-11-31(12-10-29)44-28(4)50-25-62-44)40-20-36(54-61-40)33-21-48-42(49-22-33)24-55-15-13-30(14-16-55)41-18-32-17-37(52-53-46(32)63-41)35-7-5-6-8-39(35)58/h5-12,17-18,20-22,25-27,30,34,38,43,57-58H,13-16,19,23-24H2,1-4H3,(H,51,59)/t27?,34-,38+,43?/m1/s1. The Bertz CT molecular complexity index is 2730. The van der Waals surface area contributed by atoms with E-state index in [1.54, 1.807) is 53.3 Å². The molecule has 5 aromatic heterocycles. The van der Waals surface area contributed by atoms with Crippen LogP contribution in [0.2, 0.25) is 0 Å². The number of amides is 2. The lowest BCUT2D eigenvalue weighted by Gasteiger charge is -2.30. The number of nitrogens with zero attached hydrogens (tertiary/aromatic N) is 8. The Morgan fingerprint density at radius 2 is 1.70 bits per heavy atom. The molecule has 4 atom stereocenters. The predicted octanol–water partition coefficient (Wildman–Crippen LogP) is 7.90. The number of likely N-dealkylation sites (tertiary alicyclic amines) is 2. The lowest BCUT2D eigenvalue weighted by atomic mass is 9.91. The number of aromatic nitrogens is 6. The summed E-state index contributed by atoms with van der Waals surface area (Å²) in [4.78, 5) is 48.9. The van der Waals surface area contributed by atoms with Gasteiger partial charge in [0, 0.05) is 52.8 Å². The summed E-state index contributed by atoms with van der Waals surface area (Å²) in [6, 6.07) is 20.0. The van der Waals surface area contributed by atoms with Crippen LogP contribution in [0.25, 0.3) is 43.2 Å². The lowest BCUT2D eigenvalue weighted by molar-refractivity contribution is -0.141. The second kappa shape index (κ2) is 18.0. The molecule has 7 heterocycles. The van der Waals surface area contributed by atoms with Gasteiger partial charge in [0.15, 0.2) is 0 Å². The van der Waals surface area contributed by atoms with E-state index in [1.807, 2.05) is 75.7 Å². The van der Waals surface area contributed by atoms with Crippen molar-refractivity contribution in [3.8, 4) is 38.7 Å². The first-order valence-electron chi connectivity index (χ1n) is 21.3. The van der Waals surface area contributed by atoms with Gasteiger partial charge in [-0.1, -0.05) is 55.4 Å². The fraction of sp³-hybridized carbons (Fsp3) is 0.362. The average molecular weight is 884 g/mol. The number of β-amino-alcohol motifs (C(OH)–C–C–N with tert-alkyl or cyclic N) is 1. The van der Waals surface area contributed by atoms with Crippen molar-refractivity contribution in [2.24, 2.45) is 5.92 Å². The number of para-hydroxylation sites is 1. The van der Waals surface area contributed by atoms with Gasteiger partial charge in [-0.2, -0.15) is 0 Å². The number of phenolic OH excluding ortho intramolecular Hbond substituents is 1. The number of thiophene rings is 1. The number of piperidine rings is 1. The van der Waals surface area contributed by atoms with E-state index < -0.39 is 18.1 Å². The summed E-state index contributed by atoms with van der Waals surface area (Å²) in [7, 11) is 0. The first-order chi connectivity index (χ1) is 30.5. The van der Waals surface area contributed by atoms with Crippen LogP contribution in [-0.4, -0.2) is 93.9 Å². The third kappa shape index (κ3) is 8.98. The molecule has 16 heteroatoms. The monoisotopic (exact) mass is 883 g/mol. The first-order valence-corrected chi connectivity index (χ1v) is 23.0. The highest BCUT2D eigenvalue weighted by molar-refractivity contribution is 7.18. The molecule has 2 unspecified atom stereocenters. The second-order valence-corrected chi connectivity index (χ2v) is 18.9. The number of benzene rings is 2. The van der Waals surface area contributed by atoms with Gasteiger partial charge in [0.25, 0.3) is 0 Å². The Labute approximate surface area is 373 Å². The molecule has 324 valence electrons. The molecule has 2 amide bonds. The number of aromatic hydroxyl groups is 1. The van der Waals surface area contributed by atoms with Gasteiger partial charge in [-0.25, -0.2) is 15.0 Å². The first kappa shape index (κ1) is 42.4. The number of carbonyl (C=O) groups excluding carboxylic acids is 2. The van der Waals surface area contributed by atoms with E-state index in [0.717, 1.165) is 57.8 Å². The Morgan fingerprint density at radius 1 is 0.937 bits per heavy atom. The van der Waals surface area contributed by atoms with Gasteiger partial charge in [-0.15, -0.1) is 32.9 Å². The van der Waals surface area contributed by atoms with Crippen LogP contribution in [0.1, 0.15) is 85.6 Å². The molecule has 2 saturated heterocycles. The summed E-state index contributed by atoms with van der Waals surface area (Å²) >= 11 is 3.28. The average Bonchev–Trinajstić information content (AvgIpc) is 4.11. The maximum atomic E-state index is 14.3. The summed E-state index contributed by atoms with van der Waals surface area (Å²) in [5.74, 6) is 0.184. The Balaban J connectivity index is 0.802. The molecule has 2 fully saturated rings. The largest absolute Gasteiger partial charge is 0.507 e. The molecule has 0 radical (unpaired) electrons. The minimum Gasteiger partial charge on any atom is -0.507 e. The fourth-order valence-electron chi connectivity index (χ4n) is 8.73. The van der Waals surface area contributed by atoms with Crippen LogP contribution in [0.15, 0.2) is 89.2 Å². The van der Waals surface area contributed by atoms with E-state index in [1.165, 1.54) is 9.78 Å². The molecule has 0 spiro atoms. The zero-order valence-corrected chi connectivity index (χ0v) is 37.1.